The molecule has 30 heavy (non-hydrogen) atoms. The quantitative estimate of drug-likeness (QED) is 0.290. The fourth-order valence-corrected chi connectivity index (χ4v) is 5.45. The number of hydrogen-bond donors (Lipinski definition) is 0. The molecular formula is C23H14ClFN2OS2. The van der Waals surface area contributed by atoms with Crippen molar-refractivity contribution in [3.63, 3.8) is 0 Å². The van der Waals surface area contributed by atoms with E-state index < -0.39 is 0 Å². The van der Waals surface area contributed by atoms with Gasteiger partial charge in [0, 0.05) is 10.6 Å². The molecule has 0 amide bonds. The molecule has 3 aromatic carbocycles. The van der Waals surface area contributed by atoms with E-state index in [0.717, 1.165) is 16.0 Å². The SMILES string of the molecule is O=c1c2ccccc2n2c(=S)sc(-c3ccccc3Cl)c2n1Cc1cccc(F)c1. The van der Waals surface area contributed by atoms with Crippen molar-refractivity contribution in [2.45, 2.75) is 6.54 Å². The number of halogens is 2. The number of rotatable bonds is 3. The van der Waals surface area contributed by atoms with Gasteiger partial charge in [-0.2, -0.15) is 0 Å². The van der Waals surface area contributed by atoms with Crippen LogP contribution in [0.3, 0.4) is 0 Å². The summed E-state index contributed by atoms with van der Waals surface area (Å²) in [6.07, 6.45) is 0. The molecule has 2 heterocycles. The van der Waals surface area contributed by atoms with Crippen LogP contribution < -0.4 is 5.56 Å². The molecule has 0 saturated heterocycles. The summed E-state index contributed by atoms with van der Waals surface area (Å²) in [5.41, 5.74) is 2.74. The molecule has 2 aromatic heterocycles. The predicted octanol–water partition coefficient (Wildman–Crippen LogP) is 6.55. The first kappa shape index (κ1) is 19.2. The lowest BCUT2D eigenvalue weighted by atomic mass is 10.1. The van der Waals surface area contributed by atoms with Crippen LogP contribution >= 0.6 is 35.2 Å². The van der Waals surface area contributed by atoms with Gasteiger partial charge in [0.15, 0.2) is 3.95 Å². The van der Waals surface area contributed by atoms with Crippen molar-refractivity contribution in [2.24, 2.45) is 0 Å². The van der Waals surface area contributed by atoms with Crippen LogP contribution in [0, 0.1) is 9.77 Å². The van der Waals surface area contributed by atoms with Gasteiger partial charge in [-0.1, -0.05) is 54.1 Å². The molecule has 0 aliphatic carbocycles. The number of benzene rings is 3. The fourth-order valence-electron chi connectivity index (χ4n) is 3.70. The third kappa shape index (κ3) is 3.08. The van der Waals surface area contributed by atoms with Gasteiger partial charge < -0.3 is 0 Å². The highest BCUT2D eigenvalue weighted by Crippen LogP contribution is 2.37. The molecule has 0 unspecified atom stereocenters. The lowest BCUT2D eigenvalue weighted by Gasteiger charge is -2.14. The van der Waals surface area contributed by atoms with Crippen molar-refractivity contribution >= 4 is 51.7 Å². The van der Waals surface area contributed by atoms with E-state index in [4.69, 9.17) is 23.8 Å². The minimum Gasteiger partial charge on any atom is -0.288 e. The molecule has 5 aromatic rings. The maximum Gasteiger partial charge on any atom is 0.261 e. The van der Waals surface area contributed by atoms with E-state index in [1.165, 1.54) is 23.5 Å². The summed E-state index contributed by atoms with van der Waals surface area (Å²) in [4.78, 5) is 14.3. The maximum absolute atomic E-state index is 13.8. The Morgan fingerprint density at radius 3 is 2.57 bits per heavy atom. The average Bonchev–Trinajstić information content (AvgIpc) is 3.08. The summed E-state index contributed by atoms with van der Waals surface area (Å²) in [6, 6.07) is 21.1. The minimum atomic E-state index is -0.342. The van der Waals surface area contributed by atoms with Gasteiger partial charge in [0.2, 0.25) is 0 Å². The van der Waals surface area contributed by atoms with Gasteiger partial charge in [0.1, 0.15) is 11.5 Å². The molecule has 0 N–H and O–H groups in total. The molecule has 0 bridgehead atoms. The molecular weight excluding hydrogens is 439 g/mol. The van der Waals surface area contributed by atoms with Crippen LogP contribution in [0.4, 0.5) is 4.39 Å². The molecule has 0 spiro atoms. The molecule has 0 radical (unpaired) electrons. The number of nitrogens with zero attached hydrogens (tertiary/aromatic N) is 2. The lowest BCUT2D eigenvalue weighted by Crippen LogP contribution is -2.23. The van der Waals surface area contributed by atoms with Crippen molar-refractivity contribution in [3.05, 3.63) is 104 Å². The summed E-state index contributed by atoms with van der Waals surface area (Å²) in [5, 5.41) is 1.13. The largest absolute Gasteiger partial charge is 0.288 e. The predicted molar refractivity (Wildman–Crippen MR) is 124 cm³/mol. The number of hydrogen-bond acceptors (Lipinski definition) is 3. The highest BCUT2D eigenvalue weighted by atomic mass is 35.5. The zero-order chi connectivity index (χ0) is 20.8. The van der Waals surface area contributed by atoms with Crippen molar-refractivity contribution in [3.8, 4) is 10.4 Å². The summed E-state index contributed by atoms with van der Waals surface area (Å²) >= 11 is 13.6. The zero-order valence-corrected chi connectivity index (χ0v) is 17.9. The topological polar surface area (TPSA) is 26.4 Å². The van der Waals surface area contributed by atoms with Gasteiger partial charge >= 0.3 is 0 Å². The summed E-state index contributed by atoms with van der Waals surface area (Å²) in [6.45, 7) is 0.216. The minimum absolute atomic E-state index is 0.157. The van der Waals surface area contributed by atoms with Gasteiger partial charge in [-0.3, -0.25) is 13.8 Å². The van der Waals surface area contributed by atoms with Crippen molar-refractivity contribution < 1.29 is 4.39 Å². The zero-order valence-electron chi connectivity index (χ0n) is 15.5. The van der Waals surface area contributed by atoms with Crippen LogP contribution in [-0.4, -0.2) is 8.97 Å². The van der Waals surface area contributed by atoms with Gasteiger partial charge in [0.25, 0.3) is 5.56 Å². The van der Waals surface area contributed by atoms with E-state index in [9.17, 15) is 9.18 Å². The molecule has 0 saturated carbocycles. The van der Waals surface area contributed by atoms with Crippen LogP contribution in [-0.2, 0) is 6.54 Å². The van der Waals surface area contributed by atoms with Crippen LogP contribution in [0.25, 0.3) is 27.0 Å². The smallest absolute Gasteiger partial charge is 0.261 e. The standard InChI is InChI=1S/C23H14ClFN2OS2/c24-18-10-3-1-8-16(18)20-21-26(13-14-6-5-7-15(25)12-14)22(28)17-9-2-4-11-19(17)27(21)23(29)30-20/h1-12H,13H2. The first-order chi connectivity index (χ1) is 14.5. The average molecular weight is 453 g/mol. The molecule has 0 atom stereocenters. The normalized spacial score (nSPS) is 11.4. The Bertz CT molecular complexity index is 1550. The van der Waals surface area contributed by atoms with E-state index in [0.29, 0.717) is 25.6 Å². The van der Waals surface area contributed by atoms with Gasteiger partial charge in [0.05, 0.1) is 22.3 Å². The Hall–Kier alpha value is -2.80. The Kier molecular flexibility index (Phi) is 4.77. The third-order valence-electron chi connectivity index (χ3n) is 5.01. The second kappa shape index (κ2) is 7.47. The maximum atomic E-state index is 13.8. The van der Waals surface area contributed by atoms with Crippen molar-refractivity contribution in [1.82, 2.24) is 8.97 Å². The van der Waals surface area contributed by atoms with Crippen LogP contribution in [0.15, 0.2) is 77.6 Å². The van der Waals surface area contributed by atoms with E-state index >= 15 is 0 Å². The monoisotopic (exact) mass is 452 g/mol. The Balaban J connectivity index is 1.93. The van der Waals surface area contributed by atoms with Crippen molar-refractivity contribution in [2.75, 3.05) is 0 Å². The molecule has 7 heteroatoms. The molecule has 148 valence electrons. The van der Waals surface area contributed by atoms with Crippen LogP contribution in [0.5, 0.6) is 0 Å². The Morgan fingerprint density at radius 1 is 1.00 bits per heavy atom. The summed E-state index contributed by atoms with van der Waals surface area (Å²) in [5.74, 6) is -0.342. The Morgan fingerprint density at radius 2 is 1.77 bits per heavy atom. The first-order valence-electron chi connectivity index (χ1n) is 9.21. The van der Waals surface area contributed by atoms with E-state index in [-0.39, 0.29) is 17.9 Å². The third-order valence-corrected chi connectivity index (χ3v) is 6.74. The van der Waals surface area contributed by atoms with E-state index in [1.54, 1.807) is 22.8 Å². The summed E-state index contributed by atoms with van der Waals surface area (Å²) < 4.78 is 18.0. The Labute approximate surface area is 185 Å². The van der Waals surface area contributed by atoms with Gasteiger partial charge in [-0.15, -0.1) is 11.3 Å². The molecule has 3 nitrogen and oxygen atoms in total. The number of para-hydroxylation sites is 1. The summed E-state index contributed by atoms with van der Waals surface area (Å²) in [7, 11) is 0. The highest BCUT2D eigenvalue weighted by Gasteiger charge is 2.19. The molecule has 0 aliphatic rings. The fraction of sp³-hybridized carbons (Fsp3) is 0.0435. The van der Waals surface area contributed by atoms with Crippen LogP contribution in [0.1, 0.15) is 5.56 Å². The van der Waals surface area contributed by atoms with E-state index in [1.807, 2.05) is 46.9 Å². The molecule has 5 rings (SSSR count). The van der Waals surface area contributed by atoms with Crippen LogP contribution in [0.2, 0.25) is 5.02 Å². The molecule has 0 aliphatic heterocycles. The molecule has 0 fully saturated rings. The lowest BCUT2D eigenvalue weighted by molar-refractivity contribution is 0.623. The number of aromatic nitrogens is 2. The number of fused-ring (bicyclic) bond motifs is 3. The second-order valence-corrected chi connectivity index (χ2v) is 8.93. The van der Waals surface area contributed by atoms with E-state index in [2.05, 4.69) is 0 Å². The first-order valence-corrected chi connectivity index (χ1v) is 10.8. The second-order valence-electron chi connectivity index (χ2n) is 6.87. The highest BCUT2D eigenvalue weighted by molar-refractivity contribution is 7.73. The number of thiazole rings is 1. The van der Waals surface area contributed by atoms with Gasteiger partial charge in [-0.25, -0.2) is 4.39 Å². The van der Waals surface area contributed by atoms with Gasteiger partial charge in [-0.05, 0) is 48.1 Å². The van der Waals surface area contributed by atoms with Crippen molar-refractivity contribution in [1.29, 1.82) is 0 Å².